The van der Waals surface area contributed by atoms with Gasteiger partial charge >= 0.3 is 0 Å². The summed E-state index contributed by atoms with van der Waals surface area (Å²) < 4.78 is 5.26. The maximum atomic E-state index is 12.1. The standard InChI is InChI=1S/C18H23ClN4O2.ClH/c1-12-11-20-10-9-15(12)21-16(24)3-2-4-17-22-18(23-25-17)13-5-7-14(19)8-6-13;/h5-8,12,15,20H,2-4,9-11H2,1H3,(H,21,24);1H. The first-order valence-corrected chi connectivity index (χ1v) is 9.08. The monoisotopic (exact) mass is 398 g/mol. The highest BCUT2D eigenvalue weighted by Crippen LogP contribution is 2.19. The molecular formula is C18H24Cl2N4O2. The third kappa shape index (κ3) is 5.69. The molecule has 1 amide bonds. The van der Waals surface area contributed by atoms with Gasteiger partial charge in [0.1, 0.15) is 0 Å². The number of nitrogens with one attached hydrogen (secondary N) is 2. The van der Waals surface area contributed by atoms with E-state index in [0.717, 1.165) is 25.1 Å². The summed E-state index contributed by atoms with van der Waals surface area (Å²) >= 11 is 5.88. The van der Waals surface area contributed by atoms with Gasteiger partial charge in [-0.15, -0.1) is 12.4 Å². The average molecular weight is 399 g/mol. The summed E-state index contributed by atoms with van der Waals surface area (Å²) in [4.78, 5) is 16.5. The molecule has 8 heteroatoms. The summed E-state index contributed by atoms with van der Waals surface area (Å²) in [6.45, 7) is 4.08. The maximum absolute atomic E-state index is 12.1. The Balaban J connectivity index is 0.00000243. The number of halogens is 2. The lowest BCUT2D eigenvalue weighted by atomic mass is 9.95. The molecule has 1 fully saturated rings. The number of hydrogen-bond acceptors (Lipinski definition) is 5. The van der Waals surface area contributed by atoms with Crippen LogP contribution in [0.4, 0.5) is 0 Å². The number of hydrogen-bond donors (Lipinski definition) is 2. The molecule has 2 unspecified atom stereocenters. The van der Waals surface area contributed by atoms with Crippen LogP contribution >= 0.6 is 24.0 Å². The molecule has 0 radical (unpaired) electrons. The van der Waals surface area contributed by atoms with E-state index < -0.39 is 0 Å². The van der Waals surface area contributed by atoms with E-state index in [1.54, 1.807) is 12.1 Å². The van der Waals surface area contributed by atoms with Crippen LogP contribution in [0.3, 0.4) is 0 Å². The molecule has 0 saturated carbocycles. The van der Waals surface area contributed by atoms with Gasteiger partial charge in [0.05, 0.1) is 0 Å². The average Bonchev–Trinajstić information content (AvgIpc) is 3.06. The molecule has 0 bridgehead atoms. The maximum Gasteiger partial charge on any atom is 0.226 e. The highest BCUT2D eigenvalue weighted by Gasteiger charge is 2.22. The third-order valence-electron chi connectivity index (χ3n) is 4.50. The largest absolute Gasteiger partial charge is 0.353 e. The Kier molecular flexibility index (Phi) is 7.87. The number of carbonyl (C=O) groups excluding carboxylic acids is 1. The fourth-order valence-electron chi connectivity index (χ4n) is 2.98. The molecule has 1 aliphatic heterocycles. The second-order valence-corrected chi connectivity index (χ2v) is 6.95. The first-order chi connectivity index (χ1) is 12.1. The molecule has 2 heterocycles. The van der Waals surface area contributed by atoms with E-state index in [0.29, 0.717) is 41.9 Å². The van der Waals surface area contributed by atoms with Crippen molar-refractivity contribution in [3.8, 4) is 11.4 Å². The lowest BCUT2D eigenvalue weighted by Gasteiger charge is -2.30. The molecule has 6 nitrogen and oxygen atoms in total. The van der Waals surface area contributed by atoms with Crippen LogP contribution < -0.4 is 10.6 Å². The van der Waals surface area contributed by atoms with Gasteiger partial charge in [0.15, 0.2) is 0 Å². The Labute approximate surface area is 164 Å². The zero-order valence-corrected chi connectivity index (χ0v) is 16.3. The Hall–Kier alpha value is -1.63. The lowest BCUT2D eigenvalue weighted by molar-refractivity contribution is -0.122. The van der Waals surface area contributed by atoms with E-state index in [1.165, 1.54) is 0 Å². The zero-order chi connectivity index (χ0) is 17.6. The fraction of sp³-hybridized carbons (Fsp3) is 0.500. The SMILES string of the molecule is CC1CNCCC1NC(=O)CCCc1nc(-c2ccc(Cl)cc2)no1.Cl. The second-order valence-electron chi connectivity index (χ2n) is 6.52. The normalized spacial score (nSPS) is 19.6. The molecule has 2 aromatic rings. The van der Waals surface area contributed by atoms with Crippen LogP contribution in [-0.2, 0) is 11.2 Å². The Morgan fingerprint density at radius 1 is 1.38 bits per heavy atom. The van der Waals surface area contributed by atoms with Crippen molar-refractivity contribution in [3.05, 3.63) is 35.2 Å². The quantitative estimate of drug-likeness (QED) is 0.780. The number of aryl methyl sites for hydroxylation is 1. The summed E-state index contributed by atoms with van der Waals surface area (Å²) in [7, 11) is 0. The lowest BCUT2D eigenvalue weighted by Crippen LogP contribution is -2.48. The van der Waals surface area contributed by atoms with Crippen molar-refractivity contribution in [3.63, 3.8) is 0 Å². The van der Waals surface area contributed by atoms with Gasteiger partial charge in [-0.25, -0.2) is 0 Å². The first kappa shape index (κ1) is 20.7. The van der Waals surface area contributed by atoms with Gasteiger partial charge in [-0.05, 0) is 56.1 Å². The number of aromatic nitrogens is 2. The van der Waals surface area contributed by atoms with Gasteiger partial charge in [-0.2, -0.15) is 4.98 Å². The van der Waals surface area contributed by atoms with Gasteiger partial charge in [0.2, 0.25) is 17.6 Å². The molecule has 1 aliphatic rings. The van der Waals surface area contributed by atoms with E-state index in [9.17, 15) is 4.79 Å². The summed E-state index contributed by atoms with van der Waals surface area (Å²) in [6, 6.07) is 7.56. The zero-order valence-electron chi connectivity index (χ0n) is 14.7. The molecule has 2 atom stereocenters. The van der Waals surface area contributed by atoms with Crippen LogP contribution in [0, 0.1) is 5.92 Å². The van der Waals surface area contributed by atoms with E-state index in [2.05, 4.69) is 27.7 Å². The van der Waals surface area contributed by atoms with Gasteiger partial charge in [-0.1, -0.05) is 23.7 Å². The van der Waals surface area contributed by atoms with Crippen molar-refractivity contribution in [2.45, 2.75) is 38.6 Å². The minimum absolute atomic E-state index is 0. The molecular weight excluding hydrogens is 375 g/mol. The number of benzene rings is 1. The highest BCUT2D eigenvalue weighted by atomic mass is 35.5. The van der Waals surface area contributed by atoms with Crippen molar-refractivity contribution in [2.75, 3.05) is 13.1 Å². The second kappa shape index (κ2) is 9.90. The topological polar surface area (TPSA) is 80.0 Å². The summed E-state index contributed by atoms with van der Waals surface area (Å²) in [5.41, 5.74) is 0.858. The number of rotatable bonds is 6. The minimum Gasteiger partial charge on any atom is -0.353 e. The van der Waals surface area contributed by atoms with Crippen molar-refractivity contribution in [2.24, 2.45) is 5.92 Å². The predicted octanol–water partition coefficient (Wildman–Crippen LogP) is 3.25. The van der Waals surface area contributed by atoms with Crippen LogP contribution in [0.15, 0.2) is 28.8 Å². The van der Waals surface area contributed by atoms with Crippen LogP contribution in [0.2, 0.25) is 5.02 Å². The van der Waals surface area contributed by atoms with Crippen molar-refractivity contribution < 1.29 is 9.32 Å². The van der Waals surface area contributed by atoms with Crippen molar-refractivity contribution >= 4 is 29.9 Å². The third-order valence-corrected chi connectivity index (χ3v) is 4.75. The first-order valence-electron chi connectivity index (χ1n) is 8.70. The summed E-state index contributed by atoms with van der Waals surface area (Å²) in [5, 5.41) is 11.1. The van der Waals surface area contributed by atoms with Gasteiger partial charge in [0, 0.05) is 29.5 Å². The molecule has 0 spiro atoms. The predicted molar refractivity (Wildman–Crippen MR) is 104 cm³/mol. The van der Waals surface area contributed by atoms with Crippen molar-refractivity contribution in [1.29, 1.82) is 0 Å². The van der Waals surface area contributed by atoms with Gasteiger partial charge in [0.25, 0.3) is 0 Å². The smallest absolute Gasteiger partial charge is 0.226 e. The highest BCUT2D eigenvalue weighted by molar-refractivity contribution is 6.30. The molecule has 1 aromatic carbocycles. The molecule has 0 aliphatic carbocycles. The van der Waals surface area contributed by atoms with Crippen LogP contribution in [0.25, 0.3) is 11.4 Å². The Morgan fingerprint density at radius 3 is 2.88 bits per heavy atom. The number of nitrogens with zero attached hydrogens (tertiary/aromatic N) is 2. The van der Waals surface area contributed by atoms with Crippen LogP contribution in [-0.4, -0.2) is 35.2 Å². The molecule has 1 aromatic heterocycles. The van der Waals surface area contributed by atoms with Crippen LogP contribution in [0.1, 0.15) is 32.1 Å². The molecule has 3 rings (SSSR count). The molecule has 2 N–H and O–H groups in total. The van der Waals surface area contributed by atoms with E-state index in [-0.39, 0.29) is 24.4 Å². The van der Waals surface area contributed by atoms with Crippen LogP contribution in [0.5, 0.6) is 0 Å². The van der Waals surface area contributed by atoms with E-state index in [1.807, 2.05) is 12.1 Å². The minimum atomic E-state index is 0. The Morgan fingerprint density at radius 2 is 2.15 bits per heavy atom. The molecule has 1 saturated heterocycles. The van der Waals surface area contributed by atoms with E-state index in [4.69, 9.17) is 16.1 Å². The number of amides is 1. The van der Waals surface area contributed by atoms with Crippen molar-refractivity contribution in [1.82, 2.24) is 20.8 Å². The van der Waals surface area contributed by atoms with Gasteiger partial charge < -0.3 is 15.2 Å². The molecule has 26 heavy (non-hydrogen) atoms. The summed E-state index contributed by atoms with van der Waals surface area (Å²) in [6.07, 6.45) is 2.74. The Bertz CT molecular complexity index is 705. The van der Waals surface area contributed by atoms with Gasteiger partial charge in [-0.3, -0.25) is 4.79 Å². The molecule has 142 valence electrons. The number of carbonyl (C=O) groups is 1. The van der Waals surface area contributed by atoms with E-state index >= 15 is 0 Å². The fourth-order valence-corrected chi connectivity index (χ4v) is 3.11. The summed E-state index contributed by atoms with van der Waals surface area (Å²) in [5.74, 6) is 1.65. The number of piperidine rings is 1.